The molecule has 1 aromatic rings. The van der Waals surface area contributed by atoms with E-state index in [9.17, 15) is 9.59 Å². The van der Waals surface area contributed by atoms with E-state index < -0.39 is 6.09 Å². The maximum Gasteiger partial charge on any atom is 0.414 e. The van der Waals surface area contributed by atoms with E-state index in [1.165, 1.54) is 5.56 Å². The van der Waals surface area contributed by atoms with E-state index in [4.69, 9.17) is 5.11 Å². The van der Waals surface area contributed by atoms with Crippen LogP contribution in [-0.4, -0.2) is 46.0 Å². The summed E-state index contributed by atoms with van der Waals surface area (Å²) in [6.07, 6.45) is -1.12. The highest BCUT2D eigenvalue weighted by molar-refractivity contribution is 5.95. The standard InChI is InChI=1S/C15H18N2O3/c1-10-12-8-16(7-11-5-3-2-4-6-11)9-13(12)14(18)17(10)15(19)20/h2-6,10,12-13H,7-9H2,1H3,(H,19,20)/t10-,12-,13-/m1/s1. The molecule has 5 heteroatoms. The van der Waals surface area contributed by atoms with Gasteiger partial charge in [-0.05, 0) is 12.5 Å². The number of imide groups is 1. The largest absolute Gasteiger partial charge is 0.465 e. The molecule has 20 heavy (non-hydrogen) atoms. The third kappa shape index (κ3) is 2.08. The Morgan fingerprint density at radius 2 is 2.00 bits per heavy atom. The predicted octanol–water partition coefficient (Wildman–Crippen LogP) is 1.64. The van der Waals surface area contributed by atoms with E-state index in [0.29, 0.717) is 6.54 Å². The number of hydrogen-bond donors (Lipinski definition) is 1. The Hall–Kier alpha value is -1.88. The monoisotopic (exact) mass is 274 g/mol. The lowest BCUT2D eigenvalue weighted by Crippen LogP contribution is -2.40. The number of amides is 2. The fraction of sp³-hybridized carbons (Fsp3) is 0.467. The van der Waals surface area contributed by atoms with Crippen molar-refractivity contribution in [2.24, 2.45) is 11.8 Å². The van der Waals surface area contributed by atoms with Gasteiger partial charge in [-0.25, -0.2) is 9.69 Å². The first-order valence-corrected chi connectivity index (χ1v) is 6.90. The molecule has 106 valence electrons. The summed E-state index contributed by atoms with van der Waals surface area (Å²) in [7, 11) is 0. The van der Waals surface area contributed by atoms with E-state index in [2.05, 4.69) is 17.0 Å². The molecule has 0 bridgehead atoms. The van der Waals surface area contributed by atoms with Crippen LogP contribution in [0.15, 0.2) is 30.3 Å². The maximum absolute atomic E-state index is 12.2. The molecule has 0 saturated carbocycles. The molecule has 3 rings (SSSR count). The van der Waals surface area contributed by atoms with Crippen LogP contribution in [0.3, 0.4) is 0 Å². The summed E-state index contributed by atoms with van der Waals surface area (Å²) in [6, 6.07) is 9.92. The number of carbonyl (C=O) groups is 2. The first kappa shape index (κ1) is 13.1. The first-order valence-electron chi connectivity index (χ1n) is 6.90. The van der Waals surface area contributed by atoms with Gasteiger partial charge >= 0.3 is 6.09 Å². The molecule has 2 amide bonds. The minimum atomic E-state index is -1.12. The minimum Gasteiger partial charge on any atom is -0.465 e. The Bertz CT molecular complexity index is 531. The zero-order valence-electron chi connectivity index (χ0n) is 11.4. The number of benzene rings is 1. The molecule has 5 nitrogen and oxygen atoms in total. The molecule has 1 N–H and O–H groups in total. The van der Waals surface area contributed by atoms with Gasteiger partial charge in [-0.3, -0.25) is 9.69 Å². The molecule has 2 aliphatic heterocycles. The van der Waals surface area contributed by atoms with Gasteiger partial charge in [0.05, 0.1) is 5.92 Å². The third-order valence-corrected chi connectivity index (χ3v) is 4.48. The summed E-state index contributed by atoms with van der Waals surface area (Å²) >= 11 is 0. The predicted molar refractivity (Wildman–Crippen MR) is 73.0 cm³/mol. The lowest BCUT2D eigenvalue weighted by molar-refractivity contribution is -0.130. The molecular weight excluding hydrogens is 256 g/mol. The number of rotatable bonds is 2. The number of carbonyl (C=O) groups excluding carboxylic acids is 1. The molecule has 2 fully saturated rings. The second-order valence-corrected chi connectivity index (χ2v) is 5.68. The van der Waals surface area contributed by atoms with Crippen molar-refractivity contribution >= 4 is 12.0 Å². The van der Waals surface area contributed by atoms with Crippen molar-refractivity contribution in [1.82, 2.24) is 9.80 Å². The van der Waals surface area contributed by atoms with Crippen LogP contribution in [0.25, 0.3) is 0 Å². The summed E-state index contributed by atoms with van der Waals surface area (Å²) in [5.74, 6) is -0.266. The fourth-order valence-electron chi connectivity index (χ4n) is 3.47. The van der Waals surface area contributed by atoms with Crippen molar-refractivity contribution < 1.29 is 14.7 Å². The van der Waals surface area contributed by atoms with Crippen molar-refractivity contribution in [2.75, 3.05) is 13.1 Å². The number of nitrogens with zero attached hydrogens (tertiary/aromatic N) is 2. The normalized spacial score (nSPS) is 29.8. The van der Waals surface area contributed by atoms with E-state index in [1.54, 1.807) is 0 Å². The van der Waals surface area contributed by atoms with Gasteiger partial charge in [0.1, 0.15) is 0 Å². The van der Waals surface area contributed by atoms with E-state index in [0.717, 1.165) is 18.0 Å². The molecule has 2 saturated heterocycles. The van der Waals surface area contributed by atoms with Crippen molar-refractivity contribution in [2.45, 2.75) is 19.5 Å². The van der Waals surface area contributed by atoms with Crippen LogP contribution >= 0.6 is 0 Å². The van der Waals surface area contributed by atoms with Gasteiger partial charge < -0.3 is 5.11 Å². The number of fused-ring (bicyclic) bond motifs is 1. The summed E-state index contributed by atoms with van der Waals surface area (Å²) in [5.41, 5.74) is 1.22. The Balaban J connectivity index is 1.70. The molecule has 3 atom stereocenters. The van der Waals surface area contributed by atoms with Crippen LogP contribution in [0.1, 0.15) is 12.5 Å². The van der Waals surface area contributed by atoms with Crippen LogP contribution in [0.4, 0.5) is 4.79 Å². The summed E-state index contributed by atoms with van der Waals surface area (Å²) < 4.78 is 0. The van der Waals surface area contributed by atoms with Gasteiger partial charge in [0, 0.05) is 31.6 Å². The SMILES string of the molecule is C[C@@H]1[C@H]2CN(Cc3ccccc3)C[C@H]2C(=O)N1C(=O)O. The molecular formula is C15H18N2O3. The molecule has 0 aromatic heterocycles. The lowest BCUT2D eigenvalue weighted by atomic mass is 9.95. The van der Waals surface area contributed by atoms with Gasteiger partial charge in [0.25, 0.3) is 0 Å². The number of hydrogen-bond acceptors (Lipinski definition) is 3. The summed E-state index contributed by atoms with van der Waals surface area (Å²) in [4.78, 5) is 26.5. The topological polar surface area (TPSA) is 60.9 Å². The van der Waals surface area contributed by atoms with Gasteiger partial charge in [-0.1, -0.05) is 30.3 Å². The summed E-state index contributed by atoms with van der Waals surface area (Å²) in [6.45, 7) is 4.10. The molecule has 0 aliphatic carbocycles. The quantitative estimate of drug-likeness (QED) is 0.890. The van der Waals surface area contributed by atoms with E-state index in [1.807, 2.05) is 25.1 Å². The van der Waals surface area contributed by atoms with Gasteiger partial charge in [-0.15, -0.1) is 0 Å². The average molecular weight is 274 g/mol. The van der Waals surface area contributed by atoms with Gasteiger partial charge in [0.15, 0.2) is 0 Å². The van der Waals surface area contributed by atoms with Crippen molar-refractivity contribution in [3.63, 3.8) is 0 Å². The number of carboxylic acid groups (broad SMARTS) is 1. The zero-order valence-corrected chi connectivity index (χ0v) is 11.4. The Kier molecular flexibility index (Phi) is 3.22. The zero-order chi connectivity index (χ0) is 14.3. The van der Waals surface area contributed by atoms with Gasteiger partial charge in [-0.2, -0.15) is 0 Å². The maximum atomic E-state index is 12.2. The Labute approximate surface area is 117 Å². The molecule has 0 spiro atoms. The molecule has 2 aliphatic rings. The Morgan fingerprint density at radius 1 is 1.30 bits per heavy atom. The van der Waals surface area contributed by atoms with E-state index in [-0.39, 0.29) is 23.8 Å². The molecule has 2 heterocycles. The third-order valence-electron chi connectivity index (χ3n) is 4.48. The smallest absolute Gasteiger partial charge is 0.414 e. The van der Waals surface area contributed by atoms with Crippen molar-refractivity contribution in [1.29, 1.82) is 0 Å². The highest BCUT2D eigenvalue weighted by Crippen LogP contribution is 2.37. The lowest BCUT2D eigenvalue weighted by Gasteiger charge is -2.23. The van der Waals surface area contributed by atoms with Crippen LogP contribution in [0, 0.1) is 11.8 Å². The van der Waals surface area contributed by atoms with Crippen LogP contribution in [-0.2, 0) is 11.3 Å². The Morgan fingerprint density at radius 3 is 2.60 bits per heavy atom. The molecule has 1 aromatic carbocycles. The molecule has 0 radical (unpaired) electrons. The van der Waals surface area contributed by atoms with Crippen LogP contribution in [0.2, 0.25) is 0 Å². The second-order valence-electron chi connectivity index (χ2n) is 5.68. The van der Waals surface area contributed by atoms with E-state index >= 15 is 0 Å². The first-order chi connectivity index (χ1) is 9.58. The molecule has 0 unspecified atom stereocenters. The highest BCUT2D eigenvalue weighted by Gasteiger charge is 2.52. The average Bonchev–Trinajstić information content (AvgIpc) is 2.91. The van der Waals surface area contributed by atoms with Crippen molar-refractivity contribution in [3.05, 3.63) is 35.9 Å². The number of likely N-dealkylation sites (tertiary alicyclic amines) is 2. The summed E-state index contributed by atoms with van der Waals surface area (Å²) in [5, 5.41) is 9.10. The van der Waals surface area contributed by atoms with Crippen LogP contribution < -0.4 is 0 Å². The van der Waals surface area contributed by atoms with Gasteiger partial charge in [0.2, 0.25) is 5.91 Å². The fourth-order valence-corrected chi connectivity index (χ4v) is 3.47. The minimum absolute atomic E-state index is 0.127. The highest BCUT2D eigenvalue weighted by atomic mass is 16.4. The van der Waals surface area contributed by atoms with Crippen LogP contribution in [0.5, 0.6) is 0 Å². The van der Waals surface area contributed by atoms with Crippen molar-refractivity contribution in [3.8, 4) is 0 Å². The second kappa shape index (κ2) is 4.90.